The lowest BCUT2D eigenvalue weighted by molar-refractivity contribution is -0.124. The molecule has 0 aliphatic carbocycles. The number of hydrogen-bond donors (Lipinski definition) is 3. The number of amides is 3. The van der Waals surface area contributed by atoms with E-state index in [0.29, 0.717) is 5.56 Å². The van der Waals surface area contributed by atoms with Gasteiger partial charge in [0, 0.05) is 23.4 Å². The van der Waals surface area contributed by atoms with E-state index in [9.17, 15) is 18.8 Å². The van der Waals surface area contributed by atoms with E-state index < -0.39 is 35.4 Å². The summed E-state index contributed by atoms with van der Waals surface area (Å²) < 4.78 is 19.1. The lowest BCUT2D eigenvalue weighted by Crippen LogP contribution is -2.48. The van der Waals surface area contributed by atoms with Gasteiger partial charge in [-0.15, -0.1) is 11.8 Å². The van der Waals surface area contributed by atoms with E-state index in [-0.39, 0.29) is 19.4 Å². The highest BCUT2D eigenvalue weighted by molar-refractivity contribution is 7.98. The fourth-order valence-corrected chi connectivity index (χ4v) is 2.53. The number of thioether (sulfide) groups is 1. The second-order valence-corrected chi connectivity index (χ2v) is 7.76. The van der Waals surface area contributed by atoms with Gasteiger partial charge >= 0.3 is 6.09 Å². The lowest BCUT2D eigenvalue weighted by atomic mass is 10.1. The molecule has 0 spiro atoms. The van der Waals surface area contributed by atoms with Crippen LogP contribution in [0.3, 0.4) is 0 Å². The third-order valence-corrected chi connectivity index (χ3v) is 4.13. The first-order valence-corrected chi connectivity index (χ1v) is 9.62. The molecule has 3 amide bonds. The number of alkyl carbamates (subject to hydrolysis) is 1. The Morgan fingerprint density at radius 3 is 2.48 bits per heavy atom. The molecule has 0 aliphatic heterocycles. The molecule has 7 nitrogen and oxygen atoms in total. The van der Waals surface area contributed by atoms with Crippen LogP contribution >= 0.6 is 11.8 Å². The van der Waals surface area contributed by atoms with Gasteiger partial charge in [0.05, 0.1) is 0 Å². The Labute approximate surface area is 162 Å². The topological polar surface area (TPSA) is 111 Å². The maximum atomic E-state index is 14.0. The second-order valence-electron chi connectivity index (χ2n) is 6.88. The molecule has 1 aromatic carbocycles. The van der Waals surface area contributed by atoms with Crippen molar-refractivity contribution < 1.29 is 23.5 Å². The number of rotatable bonds is 8. The smallest absolute Gasteiger partial charge is 0.408 e. The van der Waals surface area contributed by atoms with Crippen molar-refractivity contribution in [3.63, 3.8) is 0 Å². The van der Waals surface area contributed by atoms with Gasteiger partial charge in [-0.2, -0.15) is 0 Å². The minimum Gasteiger partial charge on any atom is -0.444 e. The molecule has 0 saturated heterocycles. The van der Waals surface area contributed by atoms with Crippen molar-refractivity contribution in [3.8, 4) is 0 Å². The monoisotopic (exact) mass is 399 g/mol. The van der Waals surface area contributed by atoms with Gasteiger partial charge in [0.15, 0.2) is 0 Å². The Bertz CT molecular complexity index is 692. The van der Waals surface area contributed by atoms with Crippen LogP contribution in [0.5, 0.6) is 0 Å². The van der Waals surface area contributed by atoms with Gasteiger partial charge in [0.25, 0.3) is 0 Å². The summed E-state index contributed by atoms with van der Waals surface area (Å²) in [5, 5.41) is 4.98. The van der Waals surface area contributed by atoms with Gasteiger partial charge in [-0.1, -0.05) is 6.07 Å². The van der Waals surface area contributed by atoms with Crippen molar-refractivity contribution in [3.05, 3.63) is 29.6 Å². The van der Waals surface area contributed by atoms with E-state index in [2.05, 4.69) is 10.6 Å². The summed E-state index contributed by atoms with van der Waals surface area (Å²) in [4.78, 5) is 36.1. The summed E-state index contributed by atoms with van der Waals surface area (Å²) in [5.41, 5.74) is 4.69. The van der Waals surface area contributed by atoms with Gasteiger partial charge in [0.1, 0.15) is 17.5 Å². The van der Waals surface area contributed by atoms with Gasteiger partial charge in [0.2, 0.25) is 11.8 Å². The summed E-state index contributed by atoms with van der Waals surface area (Å²) in [6, 6.07) is 3.69. The molecule has 1 aromatic rings. The van der Waals surface area contributed by atoms with Crippen LogP contribution in [0.2, 0.25) is 0 Å². The van der Waals surface area contributed by atoms with E-state index in [1.165, 1.54) is 17.8 Å². The van der Waals surface area contributed by atoms with E-state index in [1.807, 2.05) is 6.26 Å². The number of primary amides is 1. The van der Waals surface area contributed by atoms with Crippen molar-refractivity contribution >= 4 is 29.7 Å². The number of hydrogen-bond acceptors (Lipinski definition) is 5. The van der Waals surface area contributed by atoms with Crippen LogP contribution in [0.25, 0.3) is 0 Å². The zero-order valence-electron chi connectivity index (χ0n) is 15.9. The van der Waals surface area contributed by atoms with Gasteiger partial charge in [-0.05, 0) is 45.6 Å². The summed E-state index contributed by atoms with van der Waals surface area (Å²) in [6.45, 7) is 5.01. The first-order chi connectivity index (χ1) is 12.5. The number of nitrogens with one attached hydrogen (secondary N) is 2. The first-order valence-electron chi connectivity index (χ1n) is 8.39. The van der Waals surface area contributed by atoms with Gasteiger partial charge in [-0.3, -0.25) is 9.59 Å². The molecule has 0 aromatic heterocycles. The average Bonchev–Trinajstić information content (AvgIpc) is 2.55. The highest BCUT2D eigenvalue weighted by atomic mass is 32.2. The molecule has 1 atom stereocenters. The quantitative estimate of drug-likeness (QED) is 0.581. The Morgan fingerprint density at radius 1 is 1.30 bits per heavy atom. The van der Waals surface area contributed by atoms with Crippen molar-refractivity contribution in [2.75, 3.05) is 6.26 Å². The molecular weight excluding hydrogens is 373 g/mol. The van der Waals surface area contributed by atoms with Crippen LogP contribution in [-0.4, -0.2) is 35.8 Å². The van der Waals surface area contributed by atoms with E-state index >= 15 is 0 Å². The minimum atomic E-state index is -1.03. The molecule has 0 heterocycles. The molecule has 27 heavy (non-hydrogen) atoms. The van der Waals surface area contributed by atoms with Gasteiger partial charge < -0.3 is 21.1 Å². The molecular formula is C18H26FN3O4S. The summed E-state index contributed by atoms with van der Waals surface area (Å²) in [6.07, 6.45) is 0.962. The van der Waals surface area contributed by atoms with Crippen LogP contribution < -0.4 is 16.4 Å². The predicted molar refractivity (Wildman–Crippen MR) is 102 cm³/mol. The Morgan fingerprint density at radius 2 is 1.96 bits per heavy atom. The van der Waals surface area contributed by atoms with Crippen LogP contribution in [0.4, 0.5) is 9.18 Å². The van der Waals surface area contributed by atoms with E-state index in [4.69, 9.17) is 10.5 Å². The highest BCUT2D eigenvalue weighted by Crippen LogP contribution is 2.18. The number of ether oxygens (including phenoxy) is 1. The molecule has 1 unspecified atom stereocenters. The summed E-state index contributed by atoms with van der Waals surface area (Å²) in [5.74, 6) is -1.59. The molecule has 0 bridgehead atoms. The SMILES string of the molecule is CSc1ccc(CNC(=O)C(CCC(N)=O)NC(=O)OC(C)(C)C)c(F)c1. The van der Waals surface area contributed by atoms with E-state index in [1.54, 1.807) is 32.9 Å². The highest BCUT2D eigenvalue weighted by Gasteiger charge is 2.24. The zero-order chi connectivity index (χ0) is 20.6. The van der Waals surface area contributed by atoms with Crippen LogP contribution in [0.1, 0.15) is 39.2 Å². The normalized spacial score (nSPS) is 12.2. The lowest BCUT2D eigenvalue weighted by Gasteiger charge is -2.23. The first kappa shape index (κ1) is 22.8. The standard InChI is InChI=1S/C18H26FN3O4S/c1-18(2,3)26-17(25)22-14(7-8-15(20)23)16(24)21-10-11-5-6-12(27-4)9-13(11)19/h5-6,9,14H,7-8,10H2,1-4H3,(H2,20,23)(H,21,24)(H,22,25). The van der Waals surface area contributed by atoms with Crippen molar-refractivity contribution in [1.29, 1.82) is 0 Å². The summed E-state index contributed by atoms with van der Waals surface area (Å²) in [7, 11) is 0. The van der Waals surface area contributed by atoms with Crippen molar-refractivity contribution in [1.82, 2.24) is 10.6 Å². The number of carbonyl (C=O) groups excluding carboxylic acids is 3. The largest absolute Gasteiger partial charge is 0.444 e. The fraction of sp³-hybridized carbons (Fsp3) is 0.500. The van der Waals surface area contributed by atoms with Crippen LogP contribution in [0, 0.1) is 5.82 Å². The molecule has 150 valence electrons. The molecule has 0 fully saturated rings. The summed E-state index contributed by atoms with van der Waals surface area (Å²) >= 11 is 1.41. The Kier molecular flexibility index (Phi) is 8.55. The zero-order valence-corrected chi connectivity index (χ0v) is 16.7. The third-order valence-electron chi connectivity index (χ3n) is 3.40. The molecule has 9 heteroatoms. The number of nitrogens with two attached hydrogens (primary N) is 1. The van der Waals surface area contributed by atoms with Gasteiger partial charge in [-0.25, -0.2) is 9.18 Å². The van der Waals surface area contributed by atoms with E-state index in [0.717, 1.165) is 4.90 Å². The minimum absolute atomic E-state index is 0.00824. The maximum Gasteiger partial charge on any atom is 0.408 e. The Balaban J connectivity index is 2.74. The third kappa shape index (κ3) is 8.76. The molecule has 1 rings (SSSR count). The maximum absolute atomic E-state index is 14.0. The molecule has 0 radical (unpaired) electrons. The predicted octanol–water partition coefficient (Wildman–Crippen LogP) is 2.32. The molecule has 4 N–H and O–H groups in total. The second kappa shape index (κ2) is 10.1. The van der Waals surface area contributed by atoms with Crippen LogP contribution in [0.15, 0.2) is 23.1 Å². The fourth-order valence-electron chi connectivity index (χ4n) is 2.11. The number of benzene rings is 1. The Hall–Kier alpha value is -2.29. The number of carbonyl (C=O) groups is 3. The molecule has 0 saturated carbocycles. The van der Waals surface area contributed by atoms with Crippen molar-refractivity contribution in [2.24, 2.45) is 5.73 Å². The average molecular weight is 399 g/mol. The van der Waals surface area contributed by atoms with Crippen LogP contribution in [-0.2, 0) is 20.9 Å². The molecule has 0 aliphatic rings. The number of halogens is 1. The van der Waals surface area contributed by atoms with Crippen molar-refractivity contribution in [2.45, 2.75) is 56.7 Å².